The lowest BCUT2D eigenvalue weighted by atomic mass is 10.3. The highest BCUT2D eigenvalue weighted by molar-refractivity contribution is 7.95. The first-order valence-corrected chi connectivity index (χ1v) is 6.54. The Morgan fingerprint density at radius 1 is 1.47 bits per heavy atom. The average Bonchev–Trinajstić information content (AvgIpc) is 2.18. The molecule has 0 bridgehead atoms. The van der Waals surface area contributed by atoms with Gasteiger partial charge in [-0.2, -0.15) is 4.36 Å². The van der Waals surface area contributed by atoms with Gasteiger partial charge in [-0.15, -0.1) is 0 Å². The number of rotatable bonds is 2. The summed E-state index contributed by atoms with van der Waals surface area (Å²) >= 11 is 0. The van der Waals surface area contributed by atoms with Crippen LogP contribution in [0.15, 0.2) is 22.6 Å². The van der Waals surface area contributed by atoms with Gasteiger partial charge in [0.15, 0.2) is 11.6 Å². The molecule has 1 saturated heterocycles. The van der Waals surface area contributed by atoms with E-state index in [1.165, 1.54) is 25.3 Å². The fraction of sp³-hybridized carbons (Fsp3) is 0.400. The maximum absolute atomic E-state index is 13.1. The van der Waals surface area contributed by atoms with Crippen LogP contribution in [-0.2, 0) is 9.73 Å². The minimum Gasteiger partial charge on any atom is -0.494 e. The molecule has 1 aromatic carbocycles. The molecule has 0 N–H and O–H groups in total. The maximum Gasteiger partial charge on any atom is 0.165 e. The summed E-state index contributed by atoms with van der Waals surface area (Å²) in [6.07, 6.45) is 0.959. The van der Waals surface area contributed by atoms with E-state index >= 15 is 0 Å². The van der Waals surface area contributed by atoms with Crippen LogP contribution < -0.4 is 4.74 Å². The summed E-state index contributed by atoms with van der Waals surface area (Å²) in [4.78, 5) is 0. The van der Waals surface area contributed by atoms with Crippen LogP contribution in [0.4, 0.5) is 10.1 Å². The van der Waals surface area contributed by atoms with E-state index in [0.29, 0.717) is 17.2 Å². The van der Waals surface area contributed by atoms with Gasteiger partial charge in [0, 0.05) is 17.6 Å². The normalized spacial score (nSPS) is 18.0. The molecule has 2 rings (SSSR count). The summed E-state index contributed by atoms with van der Waals surface area (Å²) in [5.41, 5.74) is 0.526. The minimum atomic E-state index is -2.03. The molecule has 3 nitrogen and oxygen atoms in total. The van der Waals surface area contributed by atoms with Crippen molar-refractivity contribution in [2.24, 2.45) is 4.36 Å². The summed E-state index contributed by atoms with van der Waals surface area (Å²) in [7, 11) is -0.639. The molecule has 1 fully saturated rings. The Kier molecular flexibility index (Phi) is 2.65. The van der Waals surface area contributed by atoms with E-state index in [1.807, 2.05) is 0 Å². The van der Waals surface area contributed by atoms with Crippen LogP contribution in [-0.4, -0.2) is 22.8 Å². The maximum atomic E-state index is 13.1. The van der Waals surface area contributed by atoms with Gasteiger partial charge in [0.2, 0.25) is 0 Å². The quantitative estimate of drug-likeness (QED) is 0.780. The van der Waals surface area contributed by atoms with Crippen molar-refractivity contribution in [1.29, 1.82) is 0 Å². The molecular formula is C10H12FNO2S. The molecule has 1 aliphatic heterocycles. The summed E-state index contributed by atoms with van der Waals surface area (Å²) in [5.74, 6) is 0.998. The zero-order valence-electron chi connectivity index (χ0n) is 8.40. The lowest BCUT2D eigenvalue weighted by molar-refractivity contribution is 0.387. The van der Waals surface area contributed by atoms with Gasteiger partial charge in [-0.05, 0) is 18.6 Å². The predicted molar refractivity (Wildman–Crippen MR) is 57.5 cm³/mol. The van der Waals surface area contributed by atoms with Crippen LogP contribution in [0.1, 0.15) is 6.42 Å². The standard InChI is InChI=1S/C10H12FNO2S/c1-14-10-7-8(3-4-9(10)11)12-15(13)5-2-6-15/h3-4,7H,2,5-6H2,1H3. The van der Waals surface area contributed by atoms with Crippen LogP contribution >= 0.6 is 0 Å². The Labute approximate surface area is 88.4 Å². The van der Waals surface area contributed by atoms with E-state index < -0.39 is 15.5 Å². The molecule has 0 amide bonds. The van der Waals surface area contributed by atoms with E-state index in [1.54, 1.807) is 0 Å². The number of halogens is 1. The smallest absolute Gasteiger partial charge is 0.165 e. The van der Waals surface area contributed by atoms with Crippen LogP contribution in [0.3, 0.4) is 0 Å². The Morgan fingerprint density at radius 3 is 2.73 bits per heavy atom. The zero-order chi connectivity index (χ0) is 10.9. The Balaban J connectivity index is 2.38. The van der Waals surface area contributed by atoms with Gasteiger partial charge in [0.25, 0.3) is 0 Å². The first-order chi connectivity index (χ1) is 7.13. The van der Waals surface area contributed by atoms with E-state index in [2.05, 4.69) is 4.36 Å². The predicted octanol–water partition coefficient (Wildman–Crippen LogP) is 2.34. The summed E-state index contributed by atoms with van der Waals surface area (Å²) < 4.78 is 33.8. The van der Waals surface area contributed by atoms with Crippen molar-refractivity contribution in [3.8, 4) is 5.75 Å². The summed E-state index contributed by atoms with van der Waals surface area (Å²) in [6, 6.07) is 4.27. The third-order valence-corrected chi connectivity index (χ3v) is 4.73. The average molecular weight is 229 g/mol. The monoisotopic (exact) mass is 229 g/mol. The van der Waals surface area contributed by atoms with Crippen molar-refractivity contribution in [2.75, 3.05) is 18.6 Å². The molecule has 0 aliphatic carbocycles. The Hall–Kier alpha value is -1.10. The largest absolute Gasteiger partial charge is 0.494 e. The molecular weight excluding hydrogens is 217 g/mol. The molecule has 0 atom stereocenters. The molecule has 0 unspecified atom stereocenters. The Morgan fingerprint density at radius 2 is 2.20 bits per heavy atom. The van der Waals surface area contributed by atoms with Crippen molar-refractivity contribution >= 4 is 15.4 Å². The molecule has 0 saturated carbocycles. The summed E-state index contributed by atoms with van der Waals surface area (Å²) in [6.45, 7) is 0. The van der Waals surface area contributed by atoms with Crippen LogP contribution in [0.25, 0.3) is 0 Å². The third-order valence-electron chi connectivity index (χ3n) is 2.33. The number of hydrogen-bond donors (Lipinski definition) is 0. The van der Waals surface area contributed by atoms with Crippen molar-refractivity contribution in [3.63, 3.8) is 0 Å². The van der Waals surface area contributed by atoms with Gasteiger partial charge >= 0.3 is 0 Å². The highest BCUT2D eigenvalue weighted by atomic mass is 32.2. The van der Waals surface area contributed by atoms with Crippen molar-refractivity contribution in [1.82, 2.24) is 0 Å². The second kappa shape index (κ2) is 3.81. The minimum absolute atomic E-state index is 0.138. The second-order valence-electron chi connectivity index (χ2n) is 3.44. The fourth-order valence-corrected chi connectivity index (χ4v) is 2.84. The van der Waals surface area contributed by atoms with E-state index in [0.717, 1.165) is 6.42 Å². The van der Waals surface area contributed by atoms with Crippen LogP contribution in [0.2, 0.25) is 0 Å². The van der Waals surface area contributed by atoms with Gasteiger partial charge in [-0.25, -0.2) is 8.60 Å². The highest BCUT2D eigenvalue weighted by Gasteiger charge is 2.19. The molecule has 82 valence electrons. The van der Waals surface area contributed by atoms with E-state index in [4.69, 9.17) is 4.74 Å². The molecule has 0 spiro atoms. The Bertz CT molecular complexity index is 482. The first kappa shape index (κ1) is 10.4. The first-order valence-electron chi connectivity index (χ1n) is 4.69. The highest BCUT2D eigenvalue weighted by Crippen LogP contribution is 2.26. The van der Waals surface area contributed by atoms with Crippen molar-refractivity contribution < 1.29 is 13.3 Å². The van der Waals surface area contributed by atoms with Gasteiger partial charge in [0.05, 0.1) is 22.5 Å². The SMILES string of the molecule is COc1cc(N=S2(=O)CCC2)ccc1F. The molecule has 0 radical (unpaired) electrons. The number of hydrogen-bond acceptors (Lipinski definition) is 3. The van der Waals surface area contributed by atoms with Crippen molar-refractivity contribution in [3.05, 3.63) is 24.0 Å². The number of methoxy groups -OCH3 is 1. The van der Waals surface area contributed by atoms with Gasteiger partial charge in [0.1, 0.15) is 0 Å². The molecule has 1 heterocycles. The molecule has 0 aromatic heterocycles. The van der Waals surface area contributed by atoms with Crippen LogP contribution in [0.5, 0.6) is 5.75 Å². The summed E-state index contributed by atoms with van der Waals surface area (Å²) in [5, 5.41) is 0. The molecule has 1 aromatic rings. The lowest BCUT2D eigenvalue weighted by Gasteiger charge is -2.17. The van der Waals surface area contributed by atoms with Gasteiger partial charge in [-0.3, -0.25) is 0 Å². The molecule has 5 heteroatoms. The molecule has 1 aliphatic rings. The number of ether oxygens (including phenoxy) is 1. The second-order valence-corrected chi connectivity index (χ2v) is 5.99. The lowest BCUT2D eigenvalue weighted by Crippen LogP contribution is -2.22. The third kappa shape index (κ3) is 2.12. The van der Waals surface area contributed by atoms with Crippen LogP contribution in [0, 0.1) is 5.82 Å². The van der Waals surface area contributed by atoms with Gasteiger partial charge in [-0.1, -0.05) is 0 Å². The topological polar surface area (TPSA) is 38.7 Å². The fourth-order valence-electron chi connectivity index (χ4n) is 1.38. The van der Waals surface area contributed by atoms with Gasteiger partial charge < -0.3 is 4.74 Å². The van der Waals surface area contributed by atoms with E-state index in [9.17, 15) is 8.60 Å². The van der Waals surface area contributed by atoms with Crippen molar-refractivity contribution in [2.45, 2.75) is 6.42 Å². The number of benzene rings is 1. The molecule has 15 heavy (non-hydrogen) atoms. The van der Waals surface area contributed by atoms with E-state index in [-0.39, 0.29) is 5.75 Å². The number of nitrogens with zero attached hydrogens (tertiary/aromatic N) is 1. The zero-order valence-corrected chi connectivity index (χ0v) is 9.22.